The highest BCUT2D eigenvalue weighted by atomic mass is 16.5. The number of amides is 4. The Balaban J connectivity index is 0.920. The molecule has 46 heavy (non-hydrogen) atoms. The molecule has 3 aliphatic rings. The number of anilines is 2. The molecule has 2 aromatic heterocycles. The zero-order chi connectivity index (χ0) is 32.2. The highest BCUT2D eigenvalue weighted by molar-refractivity contribution is 6.25. The zero-order valence-corrected chi connectivity index (χ0v) is 26.0. The second kappa shape index (κ2) is 13.7. The number of carbonyl (C=O) groups is 4. The van der Waals surface area contributed by atoms with Gasteiger partial charge in [0.1, 0.15) is 11.9 Å². The van der Waals surface area contributed by atoms with E-state index >= 15 is 0 Å². The smallest absolute Gasteiger partial charge is 0.264 e. The fourth-order valence-electron chi connectivity index (χ4n) is 6.47. The standard InChI is InChI=1S/C33H40N8O5/c1-3-5-21-19-28(41-27(37-21)12-14-35-41)38-22-9-10-23(18-22)39-29(42)13-16-46-17-15-34-25-7-4-6-24-30(25)33(45)40(32(24)44)26-11-8-20(2)36-31(26)43/h4,6-7,12,14,19,22-23,26,34,38H,2-3,5,8-11,13,15-18H2,1H3,(H,36,43)(H,39,42)/t22-,23-,26?/m1/s1. The van der Waals surface area contributed by atoms with E-state index in [0.717, 1.165) is 54.2 Å². The van der Waals surface area contributed by atoms with E-state index in [1.165, 1.54) is 0 Å². The first-order valence-electron chi connectivity index (χ1n) is 16.0. The number of ether oxygens (including phenoxy) is 1. The Morgan fingerprint density at radius 2 is 1.96 bits per heavy atom. The van der Waals surface area contributed by atoms with Gasteiger partial charge in [0, 0.05) is 54.3 Å². The van der Waals surface area contributed by atoms with Gasteiger partial charge in [0.25, 0.3) is 11.8 Å². The van der Waals surface area contributed by atoms with Crippen molar-refractivity contribution in [2.45, 2.75) is 76.4 Å². The van der Waals surface area contributed by atoms with Crippen LogP contribution in [0.4, 0.5) is 11.5 Å². The van der Waals surface area contributed by atoms with Gasteiger partial charge in [0.15, 0.2) is 5.65 Å². The second-order valence-corrected chi connectivity index (χ2v) is 12.0. The maximum Gasteiger partial charge on any atom is 0.264 e. The van der Waals surface area contributed by atoms with Crippen molar-refractivity contribution in [3.63, 3.8) is 0 Å². The summed E-state index contributed by atoms with van der Waals surface area (Å²) >= 11 is 0. The molecule has 1 saturated carbocycles. The molecule has 6 rings (SSSR count). The lowest BCUT2D eigenvalue weighted by Crippen LogP contribution is -2.51. The van der Waals surface area contributed by atoms with Crippen molar-refractivity contribution in [2.24, 2.45) is 0 Å². The van der Waals surface area contributed by atoms with Crippen LogP contribution in [0.15, 0.2) is 48.8 Å². The van der Waals surface area contributed by atoms with Crippen LogP contribution >= 0.6 is 0 Å². The van der Waals surface area contributed by atoms with Crippen LogP contribution in [-0.2, 0) is 20.7 Å². The third kappa shape index (κ3) is 6.59. The summed E-state index contributed by atoms with van der Waals surface area (Å²) in [6, 6.07) is 8.45. The number of aromatic nitrogens is 3. The summed E-state index contributed by atoms with van der Waals surface area (Å²) in [5.74, 6) is -0.493. The van der Waals surface area contributed by atoms with Crippen molar-refractivity contribution in [1.29, 1.82) is 0 Å². The Hall–Kier alpha value is -4.78. The second-order valence-electron chi connectivity index (χ2n) is 12.0. The van der Waals surface area contributed by atoms with Crippen LogP contribution in [-0.4, -0.2) is 81.0 Å². The molecule has 0 radical (unpaired) electrons. The van der Waals surface area contributed by atoms with E-state index in [1.54, 1.807) is 24.4 Å². The lowest BCUT2D eigenvalue weighted by atomic mass is 10.0. The van der Waals surface area contributed by atoms with E-state index in [-0.39, 0.29) is 42.1 Å². The van der Waals surface area contributed by atoms with Crippen molar-refractivity contribution in [1.82, 2.24) is 30.1 Å². The van der Waals surface area contributed by atoms with E-state index in [0.29, 0.717) is 37.4 Å². The Morgan fingerprint density at radius 3 is 2.78 bits per heavy atom. The number of benzene rings is 1. The fraction of sp³-hybridized carbons (Fsp3) is 0.455. The number of imide groups is 1. The predicted octanol–water partition coefficient (Wildman–Crippen LogP) is 3.04. The first-order valence-corrected chi connectivity index (χ1v) is 16.0. The molecule has 0 bridgehead atoms. The molecular formula is C33H40N8O5. The van der Waals surface area contributed by atoms with Crippen LogP contribution in [0.5, 0.6) is 0 Å². The molecule has 4 heterocycles. The number of fused-ring (bicyclic) bond motifs is 2. The van der Waals surface area contributed by atoms with Crippen molar-refractivity contribution in [2.75, 3.05) is 30.4 Å². The van der Waals surface area contributed by atoms with E-state index in [9.17, 15) is 19.2 Å². The maximum absolute atomic E-state index is 13.3. The van der Waals surface area contributed by atoms with E-state index in [2.05, 4.69) is 50.9 Å². The molecule has 4 N–H and O–H groups in total. The largest absolute Gasteiger partial charge is 0.382 e. The van der Waals surface area contributed by atoms with Crippen molar-refractivity contribution in [3.8, 4) is 0 Å². The first-order chi connectivity index (χ1) is 22.3. The van der Waals surface area contributed by atoms with Gasteiger partial charge in [-0.25, -0.2) is 4.98 Å². The highest BCUT2D eigenvalue weighted by Crippen LogP contribution is 2.33. The lowest BCUT2D eigenvalue weighted by molar-refractivity contribution is -0.125. The number of nitrogens with zero attached hydrogens (tertiary/aromatic N) is 4. The Labute approximate surface area is 267 Å². The molecule has 2 aliphatic heterocycles. The van der Waals surface area contributed by atoms with Gasteiger partial charge >= 0.3 is 0 Å². The molecule has 242 valence electrons. The van der Waals surface area contributed by atoms with Crippen LogP contribution in [0.3, 0.4) is 0 Å². The number of hydrogen-bond acceptors (Lipinski definition) is 9. The lowest BCUT2D eigenvalue weighted by Gasteiger charge is -2.29. The molecule has 3 atom stereocenters. The molecule has 3 aromatic rings. The molecule has 1 aromatic carbocycles. The third-order valence-corrected chi connectivity index (χ3v) is 8.68. The van der Waals surface area contributed by atoms with Gasteiger partial charge in [-0.1, -0.05) is 26.0 Å². The van der Waals surface area contributed by atoms with Crippen LogP contribution in [0.1, 0.15) is 78.3 Å². The van der Waals surface area contributed by atoms with E-state index in [4.69, 9.17) is 4.74 Å². The third-order valence-electron chi connectivity index (χ3n) is 8.68. The molecule has 2 fully saturated rings. The molecule has 4 amide bonds. The summed E-state index contributed by atoms with van der Waals surface area (Å²) in [4.78, 5) is 57.2. The van der Waals surface area contributed by atoms with Gasteiger partial charge in [0.05, 0.1) is 30.5 Å². The number of carbonyl (C=O) groups excluding carboxylic acids is 4. The monoisotopic (exact) mass is 628 g/mol. The van der Waals surface area contributed by atoms with Gasteiger partial charge in [-0.3, -0.25) is 24.1 Å². The number of allylic oxidation sites excluding steroid dienone is 1. The Kier molecular flexibility index (Phi) is 9.29. The van der Waals surface area contributed by atoms with Crippen LogP contribution in [0.2, 0.25) is 0 Å². The summed E-state index contributed by atoms with van der Waals surface area (Å²) < 4.78 is 7.51. The van der Waals surface area contributed by atoms with Crippen LogP contribution in [0, 0.1) is 0 Å². The minimum Gasteiger partial charge on any atom is -0.382 e. The summed E-state index contributed by atoms with van der Waals surface area (Å²) in [5.41, 5.74) is 3.48. The van der Waals surface area contributed by atoms with E-state index in [1.807, 2.05) is 10.6 Å². The topological polar surface area (TPSA) is 159 Å². The van der Waals surface area contributed by atoms with Gasteiger partial charge in [0.2, 0.25) is 11.8 Å². The van der Waals surface area contributed by atoms with Crippen LogP contribution in [0.25, 0.3) is 5.65 Å². The number of piperidine rings is 1. The zero-order valence-electron chi connectivity index (χ0n) is 26.0. The van der Waals surface area contributed by atoms with Crippen molar-refractivity contribution < 1.29 is 23.9 Å². The van der Waals surface area contributed by atoms with Gasteiger partial charge in [-0.2, -0.15) is 9.61 Å². The Morgan fingerprint density at radius 1 is 1.11 bits per heavy atom. The first kappa shape index (κ1) is 31.2. The minimum absolute atomic E-state index is 0.0531. The average Bonchev–Trinajstić information content (AvgIpc) is 3.74. The van der Waals surface area contributed by atoms with Crippen molar-refractivity contribution >= 4 is 40.8 Å². The minimum atomic E-state index is -0.861. The van der Waals surface area contributed by atoms with Crippen molar-refractivity contribution in [3.05, 3.63) is 65.6 Å². The summed E-state index contributed by atoms with van der Waals surface area (Å²) in [6.45, 7) is 6.84. The number of hydrogen-bond donors (Lipinski definition) is 4. The van der Waals surface area contributed by atoms with E-state index < -0.39 is 23.8 Å². The van der Waals surface area contributed by atoms with Crippen LogP contribution < -0.4 is 21.3 Å². The Bertz CT molecular complexity index is 1670. The summed E-state index contributed by atoms with van der Waals surface area (Å²) in [6.07, 6.45) is 7.43. The maximum atomic E-state index is 13.3. The van der Waals surface area contributed by atoms with Gasteiger partial charge < -0.3 is 26.0 Å². The quantitative estimate of drug-likeness (QED) is 0.165. The molecule has 1 saturated heterocycles. The normalized spacial score (nSPS) is 21.1. The average molecular weight is 629 g/mol. The molecule has 13 heteroatoms. The van der Waals surface area contributed by atoms with Gasteiger partial charge in [-0.05, 0) is 50.7 Å². The summed E-state index contributed by atoms with van der Waals surface area (Å²) in [7, 11) is 0. The number of nitrogens with one attached hydrogen (secondary N) is 4. The number of aryl methyl sites for hydroxylation is 1. The van der Waals surface area contributed by atoms with Gasteiger partial charge in [-0.15, -0.1) is 0 Å². The molecule has 0 spiro atoms. The highest BCUT2D eigenvalue weighted by Gasteiger charge is 2.45. The molecule has 1 aliphatic carbocycles. The number of rotatable bonds is 13. The molecular weight excluding hydrogens is 588 g/mol. The fourth-order valence-corrected chi connectivity index (χ4v) is 6.47. The SMILES string of the molecule is C=C1CCC(N2C(=O)c3cccc(NCCOCCC(=O)N[C@@H]4CC[C@@H](Nc5cc(CCC)nc6ccnn56)C4)c3C2=O)C(=O)N1. The predicted molar refractivity (Wildman–Crippen MR) is 171 cm³/mol. The molecule has 1 unspecified atom stereocenters. The summed E-state index contributed by atoms with van der Waals surface area (Å²) in [5, 5.41) is 17.0. The molecule has 13 nitrogen and oxygen atoms in total.